The summed E-state index contributed by atoms with van der Waals surface area (Å²) in [6.45, 7) is 0. The smallest absolute Gasteiger partial charge is 0.289 e. The highest BCUT2D eigenvalue weighted by Crippen LogP contribution is 2.52. The lowest BCUT2D eigenvalue weighted by molar-refractivity contribution is -0.121. The van der Waals surface area contributed by atoms with E-state index in [-0.39, 0.29) is 0 Å². The predicted molar refractivity (Wildman–Crippen MR) is 55.0 cm³/mol. The Hall–Kier alpha value is -1.45. The highest BCUT2D eigenvalue weighted by molar-refractivity contribution is 5.76. The maximum atomic E-state index is 13.9. The number of primary amides is 1. The maximum Gasteiger partial charge on any atom is 0.289 e. The monoisotopic (exact) mass is 303 g/mol. The van der Waals surface area contributed by atoms with Crippen LogP contribution in [0.1, 0.15) is 19.3 Å². The number of alkyl halides is 6. The molecule has 0 spiro atoms. The van der Waals surface area contributed by atoms with Gasteiger partial charge in [0, 0.05) is 12.8 Å². The van der Waals surface area contributed by atoms with Gasteiger partial charge in [-0.15, -0.1) is 0 Å². The van der Waals surface area contributed by atoms with Crippen LogP contribution in [0.15, 0.2) is 11.3 Å². The van der Waals surface area contributed by atoms with Gasteiger partial charge >= 0.3 is 0 Å². The summed E-state index contributed by atoms with van der Waals surface area (Å²) in [6.07, 6.45) is -7.20. The molecule has 1 unspecified atom stereocenters. The summed E-state index contributed by atoms with van der Waals surface area (Å²) < 4.78 is 81.3. The van der Waals surface area contributed by atoms with Crippen LogP contribution in [0.3, 0.4) is 0 Å². The van der Waals surface area contributed by atoms with Crippen LogP contribution in [0.5, 0.6) is 0 Å². The molecule has 1 atom stereocenters. The van der Waals surface area contributed by atoms with Gasteiger partial charge in [0.15, 0.2) is 0 Å². The summed E-state index contributed by atoms with van der Waals surface area (Å²) in [4.78, 5) is 10.9. The number of carbonyl (C=O) groups is 1. The number of hydrogen-bond donors (Lipinski definition) is 3. The lowest BCUT2D eigenvalue weighted by Gasteiger charge is -2.36. The van der Waals surface area contributed by atoms with Crippen LogP contribution >= 0.6 is 0 Å². The molecule has 0 radical (unpaired) electrons. The summed E-state index contributed by atoms with van der Waals surface area (Å²) >= 11 is 0. The van der Waals surface area contributed by atoms with Crippen molar-refractivity contribution in [3.05, 3.63) is 11.3 Å². The normalized spacial score (nSPS) is 31.1. The van der Waals surface area contributed by atoms with E-state index in [1.807, 2.05) is 0 Å². The minimum Gasteiger partial charge on any atom is -0.370 e. The molecular weight excluding hydrogens is 292 g/mol. The molecule has 4 N–H and O–H groups in total. The average molecular weight is 303 g/mol. The third kappa shape index (κ3) is 2.02. The second kappa shape index (κ2) is 4.27. The van der Waals surface area contributed by atoms with Gasteiger partial charge in [0.2, 0.25) is 5.91 Å². The minimum absolute atomic E-state index is 1.18. The van der Waals surface area contributed by atoms with Crippen molar-refractivity contribution in [2.45, 2.75) is 43.1 Å². The summed E-state index contributed by atoms with van der Waals surface area (Å²) in [7, 11) is 0. The van der Waals surface area contributed by atoms with Crippen LogP contribution in [-0.4, -0.2) is 29.7 Å². The number of allylic oxidation sites excluding steroid dienone is 1. The predicted octanol–water partition coefficient (Wildman–Crippen LogP) is 1.29. The molecule has 1 amide bonds. The van der Waals surface area contributed by atoms with Crippen molar-refractivity contribution in [3.8, 4) is 0 Å². The first kappa shape index (κ1) is 14.9. The summed E-state index contributed by atoms with van der Waals surface area (Å²) in [6, 6.07) is 0. The highest BCUT2D eigenvalue weighted by atomic mass is 19.3. The van der Waals surface area contributed by atoms with E-state index in [9.17, 15) is 31.1 Å². The number of hydrogen-bond acceptors (Lipinski definition) is 3. The van der Waals surface area contributed by atoms with E-state index in [0.29, 0.717) is 0 Å². The first-order valence-electron chi connectivity index (χ1n) is 5.64. The maximum absolute atomic E-state index is 13.9. The number of carbonyl (C=O) groups excluding carboxylic acids is 1. The van der Waals surface area contributed by atoms with Crippen molar-refractivity contribution in [1.82, 2.24) is 10.9 Å². The van der Waals surface area contributed by atoms with E-state index in [4.69, 9.17) is 5.73 Å². The fraction of sp³-hybridized carbons (Fsp3) is 0.700. The topological polar surface area (TPSA) is 67.2 Å². The molecule has 0 aromatic rings. The van der Waals surface area contributed by atoms with Gasteiger partial charge in [-0.25, -0.2) is 23.0 Å². The molecule has 4 nitrogen and oxygen atoms in total. The number of nitrogens with two attached hydrogens (primary N) is 1. The fourth-order valence-corrected chi connectivity index (χ4v) is 2.52. The van der Waals surface area contributed by atoms with Gasteiger partial charge in [-0.3, -0.25) is 4.79 Å². The molecule has 10 heteroatoms. The minimum atomic E-state index is -3.88. The van der Waals surface area contributed by atoms with Crippen LogP contribution in [-0.2, 0) is 4.79 Å². The Labute approximate surface area is 109 Å². The third-order valence-electron chi connectivity index (χ3n) is 3.42. The van der Waals surface area contributed by atoms with E-state index in [0.717, 1.165) is 0 Å². The van der Waals surface area contributed by atoms with Crippen molar-refractivity contribution >= 4 is 5.91 Å². The average Bonchev–Trinajstić information content (AvgIpc) is 2.67. The zero-order valence-electron chi connectivity index (χ0n) is 9.95. The molecule has 0 aromatic heterocycles. The largest absolute Gasteiger partial charge is 0.370 e. The summed E-state index contributed by atoms with van der Waals surface area (Å²) in [5.74, 6) is -8.88. The van der Waals surface area contributed by atoms with Crippen molar-refractivity contribution in [3.63, 3.8) is 0 Å². The Morgan fingerprint density at radius 2 is 1.75 bits per heavy atom. The van der Waals surface area contributed by atoms with Gasteiger partial charge < -0.3 is 11.2 Å². The molecule has 20 heavy (non-hydrogen) atoms. The van der Waals surface area contributed by atoms with Crippen molar-refractivity contribution in [2.24, 2.45) is 5.73 Å². The number of rotatable bonds is 3. The van der Waals surface area contributed by atoms with Gasteiger partial charge in [-0.2, -0.15) is 8.78 Å². The molecular formula is C10H11F6N3O. The molecule has 114 valence electrons. The molecule has 0 saturated carbocycles. The number of amides is 1. The Bertz CT molecular complexity index is 478. The van der Waals surface area contributed by atoms with E-state index >= 15 is 0 Å². The van der Waals surface area contributed by atoms with Crippen LogP contribution in [0.4, 0.5) is 26.3 Å². The Morgan fingerprint density at radius 1 is 1.20 bits per heavy atom. The zero-order valence-corrected chi connectivity index (χ0v) is 9.95. The van der Waals surface area contributed by atoms with Gasteiger partial charge in [-0.1, -0.05) is 0 Å². The number of hydrazine groups is 1. The Balaban J connectivity index is 2.62. The third-order valence-corrected chi connectivity index (χ3v) is 3.42. The second-order valence-electron chi connectivity index (χ2n) is 4.82. The van der Waals surface area contributed by atoms with E-state index in [1.54, 1.807) is 10.9 Å². The zero-order chi connectivity index (χ0) is 15.3. The van der Waals surface area contributed by atoms with Crippen molar-refractivity contribution in [2.75, 3.05) is 0 Å². The van der Waals surface area contributed by atoms with Crippen molar-refractivity contribution < 1.29 is 31.1 Å². The summed E-state index contributed by atoms with van der Waals surface area (Å²) in [5, 5.41) is 0. The van der Waals surface area contributed by atoms with Crippen molar-refractivity contribution in [1.29, 1.82) is 0 Å². The molecule has 1 aliphatic heterocycles. The second-order valence-corrected chi connectivity index (χ2v) is 4.82. The van der Waals surface area contributed by atoms with Crippen LogP contribution in [0.2, 0.25) is 0 Å². The standard InChI is InChI=1S/C10H11F6N3O/c11-7(12)8(3-4(17)20)5-6(18-19-8)10(15,16)2-1-9(5,13)14/h7,18-19H,1-3H2,(H2,17,20). The number of halogens is 6. The Kier molecular flexibility index (Phi) is 3.19. The van der Waals surface area contributed by atoms with Gasteiger partial charge in [0.25, 0.3) is 18.3 Å². The molecule has 1 aliphatic carbocycles. The first-order valence-corrected chi connectivity index (χ1v) is 5.64. The quantitative estimate of drug-likeness (QED) is 0.688. The van der Waals surface area contributed by atoms with E-state index in [2.05, 4.69) is 0 Å². The highest BCUT2D eigenvalue weighted by Gasteiger charge is 2.64. The molecule has 2 rings (SSSR count). The van der Waals surface area contributed by atoms with Crippen LogP contribution in [0, 0.1) is 0 Å². The SMILES string of the molecule is NC(=O)CC1(C(F)F)NNC2=C1C(F)(F)CCC2(F)F. The Morgan fingerprint density at radius 3 is 2.25 bits per heavy atom. The van der Waals surface area contributed by atoms with E-state index < -0.39 is 60.2 Å². The van der Waals surface area contributed by atoms with E-state index in [1.165, 1.54) is 0 Å². The molecule has 2 aliphatic rings. The number of nitrogens with one attached hydrogen (secondary N) is 2. The molecule has 1 heterocycles. The fourth-order valence-electron chi connectivity index (χ4n) is 2.52. The molecule has 0 saturated heterocycles. The van der Waals surface area contributed by atoms with Crippen LogP contribution < -0.4 is 16.6 Å². The molecule has 0 fully saturated rings. The summed E-state index contributed by atoms with van der Waals surface area (Å²) in [5.41, 5.74) is 2.50. The molecule has 0 bridgehead atoms. The molecule has 0 aromatic carbocycles. The lowest BCUT2D eigenvalue weighted by Crippen LogP contribution is -2.57. The van der Waals surface area contributed by atoms with Gasteiger partial charge in [0.05, 0.1) is 12.0 Å². The van der Waals surface area contributed by atoms with Crippen LogP contribution in [0.25, 0.3) is 0 Å². The first-order chi connectivity index (χ1) is 9.03. The van der Waals surface area contributed by atoms with Gasteiger partial charge in [-0.05, 0) is 0 Å². The lowest BCUT2D eigenvalue weighted by atomic mass is 9.77. The van der Waals surface area contributed by atoms with Gasteiger partial charge in [0.1, 0.15) is 11.2 Å².